The van der Waals surface area contributed by atoms with Crippen LogP contribution in [0.2, 0.25) is 18.1 Å². The monoisotopic (exact) mass is 261 g/mol. The molecule has 102 valence electrons. The standard InChI is InChI=1S/C13H28FNOSi/c1-13(2,3)17(4,5)16-10-6-8-15-9-7-12(14)11-15/h12H,6-11H2,1-5H3/t12-/m1/s1. The van der Waals surface area contributed by atoms with Gasteiger partial charge >= 0.3 is 0 Å². The molecule has 1 fully saturated rings. The average Bonchev–Trinajstić information content (AvgIpc) is 2.57. The van der Waals surface area contributed by atoms with Crippen LogP contribution in [0.5, 0.6) is 0 Å². The molecule has 0 aliphatic carbocycles. The molecular weight excluding hydrogens is 233 g/mol. The average molecular weight is 261 g/mol. The van der Waals surface area contributed by atoms with Gasteiger partial charge in [-0.15, -0.1) is 0 Å². The number of likely N-dealkylation sites (tertiary alicyclic amines) is 1. The lowest BCUT2D eigenvalue weighted by Crippen LogP contribution is -2.41. The Bertz CT molecular complexity index is 240. The lowest BCUT2D eigenvalue weighted by molar-refractivity contribution is 0.237. The highest BCUT2D eigenvalue weighted by Crippen LogP contribution is 2.36. The molecule has 4 heteroatoms. The molecule has 0 bridgehead atoms. The molecule has 1 rings (SSSR count). The molecule has 1 aliphatic heterocycles. The number of halogens is 1. The second-order valence-electron chi connectivity index (χ2n) is 6.65. The van der Waals surface area contributed by atoms with E-state index in [0.717, 1.165) is 26.1 Å². The van der Waals surface area contributed by atoms with Gasteiger partial charge in [0.25, 0.3) is 0 Å². The zero-order valence-corrected chi connectivity index (χ0v) is 13.1. The summed E-state index contributed by atoms with van der Waals surface area (Å²) in [6.45, 7) is 14.7. The van der Waals surface area contributed by atoms with Gasteiger partial charge in [0.1, 0.15) is 6.17 Å². The smallest absolute Gasteiger partial charge is 0.191 e. The lowest BCUT2D eigenvalue weighted by atomic mass is 10.2. The number of nitrogens with zero attached hydrogens (tertiary/aromatic N) is 1. The molecule has 1 aliphatic rings. The van der Waals surface area contributed by atoms with E-state index in [4.69, 9.17) is 4.43 Å². The van der Waals surface area contributed by atoms with Crippen LogP contribution in [0.15, 0.2) is 0 Å². The maximum absolute atomic E-state index is 13.0. The van der Waals surface area contributed by atoms with Crippen molar-refractivity contribution in [3.05, 3.63) is 0 Å². The minimum absolute atomic E-state index is 0.282. The summed E-state index contributed by atoms with van der Waals surface area (Å²) in [5, 5.41) is 0.282. The van der Waals surface area contributed by atoms with Crippen LogP contribution in [0.1, 0.15) is 33.6 Å². The van der Waals surface area contributed by atoms with Gasteiger partial charge in [0, 0.05) is 26.2 Å². The lowest BCUT2D eigenvalue weighted by Gasteiger charge is -2.36. The summed E-state index contributed by atoms with van der Waals surface area (Å²) in [4.78, 5) is 2.21. The third-order valence-electron chi connectivity index (χ3n) is 4.10. The van der Waals surface area contributed by atoms with Gasteiger partial charge in [0.2, 0.25) is 0 Å². The van der Waals surface area contributed by atoms with E-state index >= 15 is 0 Å². The summed E-state index contributed by atoms with van der Waals surface area (Å²) >= 11 is 0. The molecule has 17 heavy (non-hydrogen) atoms. The predicted molar refractivity (Wildman–Crippen MR) is 73.7 cm³/mol. The van der Waals surface area contributed by atoms with Crippen LogP contribution in [0.25, 0.3) is 0 Å². The Morgan fingerprint density at radius 1 is 1.35 bits per heavy atom. The number of rotatable bonds is 5. The van der Waals surface area contributed by atoms with Crippen LogP contribution in [0, 0.1) is 0 Å². The third-order valence-corrected chi connectivity index (χ3v) is 8.64. The van der Waals surface area contributed by atoms with Crippen molar-refractivity contribution < 1.29 is 8.82 Å². The zero-order valence-electron chi connectivity index (χ0n) is 12.1. The van der Waals surface area contributed by atoms with Crippen molar-refractivity contribution >= 4 is 8.32 Å². The van der Waals surface area contributed by atoms with E-state index in [9.17, 15) is 4.39 Å². The molecule has 0 aromatic rings. The fourth-order valence-electron chi connectivity index (χ4n) is 1.82. The highest BCUT2D eigenvalue weighted by atomic mass is 28.4. The Labute approximate surface area is 107 Å². The van der Waals surface area contributed by atoms with E-state index in [1.807, 2.05) is 0 Å². The van der Waals surface area contributed by atoms with Gasteiger partial charge in [0.05, 0.1) is 0 Å². The second kappa shape index (κ2) is 5.80. The van der Waals surface area contributed by atoms with Crippen molar-refractivity contribution in [3.63, 3.8) is 0 Å². The van der Waals surface area contributed by atoms with E-state index in [0.29, 0.717) is 13.0 Å². The van der Waals surface area contributed by atoms with Gasteiger partial charge in [0.15, 0.2) is 8.32 Å². The molecule has 1 saturated heterocycles. The van der Waals surface area contributed by atoms with E-state index in [1.165, 1.54) is 0 Å². The Balaban J connectivity index is 2.16. The highest BCUT2D eigenvalue weighted by Gasteiger charge is 2.36. The first-order valence-electron chi connectivity index (χ1n) is 6.73. The molecule has 1 heterocycles. The topological polar surface area (TPSA) is 12.5 Å². The van der Waals surface area contributed by atoms with Crippen LogP contribution in [-0.4, -0.2) is 45.6 Å². The first kappa shape index (κ1) is 15.1. The van der Waals surface area contributed by atoms with E-state index in [2.05, 4.69) is 38.8 Å². The number of hydrogen-bond acceptors (Lipinski definition) is 2. The molecule has 0 unspecified atom stereocenters. The molecule has 0 spiro atoms. The number of alkyl halides is 1. The van der Waals surface area contributed by atoms with Crippen molar-refractivity contribution in [2.75, 3.05) is 26.2 Å². The second-order valence-corrected chi connectivity index (χ2v) is 11.5. The Hall–Kier alpha value is 0.0669. The summed E-state index contributed by atoms with van der Waals surface area (Å²) in [7, 11) is -1.59. The number of hydrogen-bond donors (Lipinski definition) is 0. The van der Waals surface area contributed by atoms with Crippen LogP contribution in [0.4, 0.5) is 4.39 Å². The summed E-state index contributed by atoms with van der Waals surface area (Å²) in [5.74, 6) is 0. The molecule has 0 N–H and O–H groups in total. The van der Waals surface area contributed by atoms with Crippen molar-refractivity contribution in [3.8, 4) is 0 Å². The van der Waals surface area contributed by atoms with Crippen LogP contribution in [0.3, 0.4) is 0 Å². The summed E-state index contributed by atoms with van der Waals surface area (Å²) in [6.07, 6.45) is 1.14. The molecule has 1 atom stereocenters. The van der Waals surface area contributed by atoms with Crippen LogP contribution >= 0.6 is 0 Å². The van der Waals surface area contributed by atoms with Crippen molar-refractivity contribution in [1.82, 2.24) is 4.90 Å². The summed E-state index contributed by atoms with van der Waals surface area (Å²) in [5.41, 5.74) is 0. The Kier molecular flexibility index (Phi) is 5.16. The SMILES string of the molecule is CC(C)(C)[Si](C)(C)OCCCN1CC[C@@H](F)C1. The van der Waals surface area contributed by atoms with Gasteiger partial charge in [-0.3, -0.25) is 0 Å². The summed E-state index contributed by atoms with van der Waals surface area (Å²) in [6, 6.07) is 0. The molecular formula is C13H28FNOSi. The quantitative estimate of drug-likeness (QED) is 0.555. The minimum Gasteiger partial charge on any atom is -0.417 e. The van der Waals surface area contributed by atoms with E-state index < -0.39 is 14.5 Å². The van der Waals surface area contributed by atoms with Crippen molar-refractivity contribution in [1.29, 1.82) is 0 Å². The zero-order chi connectivity index (χ0) is 13.1. The predicted octanol–water partition coefficient (Wildman–Crippen LogP) is 3.44. The van der Waals surface area contributed by atoms with E-state index in [1.54, 1.807) is 0 Å². The minimum atomic E-state index is -1.59. The first-order chi connectivity index (χ1) is 7.72. The Morgan fingerprint density at radius 3 is 2.47 bits per heavy atom. The fourth-order valence-corrected chi connectivity index (χ4v) is 2.91. The summed E-state index contributed by atoms with van der Waals surface area (Å²) < 4.78 is 19.1. The Morgan fingerprint density at radius 2 is 2.00 bits per heavy atom. The molecule has 0 aromatic carbocycles. The third kappa shape index (κ3) is 4.68. The first-order valence-corrected chi connectivity index (χ1v) is 9.63. The van der Waals surface area contributed by atoms with Gasteiger partial charge in [-0.25, -0.2) is 4.39 Å². The molecule has 0 amide bonds. The van der Waals surface area contributed by atoms with Gasteiger partial charge in [-0.1, -0.05) is 20.8 Å². The van der Waals surface area contributed by atoms with Gasteiger partial charge < -0.3 is 9.33 Å². The van der Waals surface area contributed by atoms with Crippen LogP contribution in [-0.2, 0) is 4.43 Å². The molecule has 0 aromatic heterocycles. The fraction of sp³-hybridized carbons (Fsp3) is 1.00. The van der Waals surface area contributed by atoms with Gasteiger partial charge in [-0.2, -0.15) is 0 Å². The van der Waals surface area contributed by atoms with Crippen molar-refractivity contribution in [2.45, 2.75) is 57.9 Å². The normalized spacial score (nSPS) is 23.3. The van der Waals surface area contributed by atoms with E-state index in [-0.39, 0.29) is 5.04 Å². The molecule has 0 saturated carbocycles. The molecule has 0 radical (unpaired) electrons. The largest absolute Gasteiger partial charge is 0.417 e. The van der Waals surface area contributed by atoms with Gasteiger partial charge in [-0.05, 0) is 31.0 Å². The maximum atomic E-state index is 13.0. The van der Waals surface area contributed by atoms with Crippen LogP contribution < -0.4 is 0 Å². The molecule has 2 nitrogen and oxygen atoms in total. The highest BCUT2D eigenvalue weighted by molar-refractivity contribution is 6.74. The van der Waals surface area contributed by atoms with Crippen molar-refractivity contribution in [2.24, 2.45) is 0 Å². The maximum Gasteiger partial charge on any atom is 0.191 e.